The van der Waals surface area contributed by atoms with Crippen molar-refractivity contribution in [2.24, 2.45) is 5.41 Å². The van der Waals surface area contributed by atoms with Gasteiger partial charge in [0.1, 0.15) is 24.0 Å². The van der Waals surface area contributed by atoms with Gasteiger partial charge < -0.3 is 9.47 Å². The third kappa shape index (κ3) is 4.86. The number of halogens is 1. The molecule has 0 unspecified atom stereocenters. The summed E-state index contributed by atoms with van der Waals surface area (Å²) in [4.78, 5) is 38.5. The lowest BCUT2D eigenvalue weighted by atomic mass is 9.88. The molecule has 0 aliphatic heterocycles. The Labute approximate surface area is 211 Å². The summed E-state index contributed by atoms with van der Waals surface area (Å²) < 4.78 is 24.2. The van der Waals surface area contributed by atoms with Crippen molar-refractivity contribution in [3.05, 3.63) is 83.6 Å². The van der Waals surface area contributed by atoms with Crippen LogP contribution < -0.4 is 9.47 Å². The third-order valence-electron chi connectivity index (χ3n) is 6.47. The first-order valence-electron chi connectivity index (χ1n) is 11.6. The molecule has 8 nitrogen and oxygen atoms in total. The summed E-state index contributed by atoms with van der Waals surface area (Å²) in [6.45, 7) is 0. The van der Waals surface area contributed by atoms with Crippen LogP contribution in [0.15, 0.2) is 60.9 Å². The molecule has 0 amide bonds. The minimum Gasteiger partial charge on any atom is -0.494 e. The summed E-state index contributed by atoms with van der Waals surface area (Å²) in [5.74, 6) is 0.338. The Bertz CT molecular complexity index is 1540. The number of carbonyl (C=O) groups is 2. The van der Waals surface area contributed by atoms with Crippen LogP contribution in [0, 0.1) is 22.6 Å². The van der Waals surface area contributed by atoms with Crippen molar-refractivity contribution in [3.8, 4) is 23.4 Å². The number of rotatable bonds is 9. The second-order valence-electron chi connectivity index (χ2n) is 8.85. The summed E-state index contributed by atoms with van der Waals surface area (Å²) >= 11 is 0. The van der Waals surface area contributed by atoms with Crippen LogP contribution in [0.2, 0.25) is 0 Å². The Morgan fingerprint density at radius 1 is 1.00 bits per heavy atom. The molecule has 0 radical (unpaired) electrons. The van der Waals surface area contributed by atoms with Gasteiger partial charge in [0.05, 0.1) is 18.0 Å². The van der Waals surface area contributed by atoms with Gasteiger partial charge in [-0.15, -0.1) is 0 Å². The quantitative estimate of drug-likeness (QED) is 0.310. The lowest BCUT2D eigenvalue weighted by Crippen LogP contribution is -2.28. The maximum Gasteiger partial charge on any atom is 0.249 e. The second kappa shape index (κ2) is 9.74. The van der Waals surface area contributed by atoms with E-state index in [1.54, 1.807) is 42.5 Å². The monoisotopic (exact) mass is 496 g/mol. The summed E-state index contributed by atoms with van der Waals surface area (Å²) in [5, 5.41) is 9.34. The number of aromatic nitrogens is 3. The van der Waals surface area contributed by atoms with Crippen LogP contribution in [-0.4, -0.2) is 33.6 Å². The molecule has 37 heavy (non-hydrogen) atoms. The normalized spacial score (nSPS) is 13.5. The standard InChI is InChI=1S/C28H21FN4O4/c1-36-23-14-21-26(33-22(23)15-30)27(32-16-31-21)37-20-8-4-18(5-9-20)13-25(35)28(10-11-28)24(34)12-17-2-6-19(29)7-3-17/h2-9,14,16H,10-13H2,1H3. The zero-order valence-corrected chi connectivity index (χ0v) is 19.9. The molecule has 5 rings (SSSR count). The van der Waals surface area contributed by atoms with Gasteiger partial charge in [-0.3, -0.25) is 9.59 Å². The van der Waals surface area contributed by atoms with E-state index in [9.17, 15) is 19.2 Å². The number of nitriles is 1. The van der Waals surface area contributed by atoms with Gasteiger partial charge in [0.15, 0.2) is 28.5 Å². The summed E-state index contributed by atoms with van der Waals surface area (Å²) in [5.41, 5.74) is 1.36. The Kier molecular flexibility index (Phi) is 6.32. The number of methoxy groups -OCH3 is 1. The van der Waals surface area contributed by atoms with Gasteiger partial charge in [-0.1, -0.05) is 24.3 Å². The predicted molar refractivity (Wildman–Crippen MR) is 131 cm³/mol. The first-order valence-corrected chi connectivity index (χ1v) is 11.6. The number of hydrogen-bond donors (Lipinski definition) is 0. The van der Waals surface area contributed by atoms with E-state index in [1.807, 2.05) is 6.07 Å². The zero-order valence-electron chi connectivity index (χ0n) is 19.9. The van der Waals surface area contributed by atoms with Gasteiger partial charge in [-0.05, 0) is 48.2 Å². The first-order chi connectivity index (χ1) is 17.9. The fourth-order valence-corrected chi connectivity index (χ4v) is 4.19. The van der Waals surface area contributed by atoms with Crippen LogP contribution in [0.1, 0.15) is 29.7 Å². The highest BCUT2D eigenvalue weighted by Crippen LogP contribution is 2.48. The molecule has 4 aromatic rings. The lowest BCUT2D eigenvalue weighted by molar-refractivity contribution is -0.133. The smallest absolute Gasteiger partial charge is 0.249 e. The molecule has 0 N–H and O–H groups in total. The third-order valence-corrected chi connectivity index (χ3v) is 6.47. The van der Waals surface area contributed by atoms with Crippen molar-refractivity contribution < 1.29 is 23.5 Å². The number of nitrogens with zero attached hydrogens (tertiary/aromatic N) is 4. The van der Waals surface area contributed by atoms with Gasteiger partial charge >= 0.3 is 0 Å². The van der Waals surface area contributed by atoms with Crippen molar-refractivity contribution >= 4 is 22.6 Å². The van der Waals surface area contributed by atoms with Crippen LogP contribution in [0.4, 0.5) is 4.39 Å². The second-order valence-corrected chi connectivity index (χ2v) is 8.85. The Morgan fingerprint density at radius 3 is 2.19 bits per heavy atom. The van der Waals surface area contributed by atoms with Crippen LogP contribution in [0.3, 0.4) is 0 Å². The van der Waals surface area contributed by atoms with E-state index in [0.29, 0.717) is 40.9 Å². The Balaban J connectivity index is 1.27. The van der Waals surface area contributed by atoms with Crippen LogP contribution in [-0.2, 0) is 22.4 Å². The molecule has 1 aliphatic carbocycles. The van der Waals surface area contributed by atoms with E-state index in [0.717, 1.165) is 5.56 Å². The predicted octanol–water partition coefficient (Wildman–Crippen LogP) is 4.54. The molecule has 2 aromatic carbocycles. The topological polar surface area (TPSA) is 115 Å². The van der Waals surface area contributed by atoms with Gasteiger partial charge in [-0.2, -0.15) is 10.2 Å². The van der Waals surface area contributed by atoms with E-state index < -0.39 is 5.41 Å². The van der Waals surface area contributed by atoms with Gasteiger partial charge in [0, 0.05) is 18.9 Å². The molecule has 2 heterocycles. The summed E-state index contributed by atoms with van der Waals surface area (Å²) in [6.07, 6.45) is 2.64. The average molecular weight is 496 g/mol. The molecule has 2 aromatic heterocycles. The molecule has 1 aliphatic rings. The van der Waals surface area contributed by atoms with Crippen molar-refractivity contribution in [1.82, 2.24) is 15.0 Å². The fraction of sp³-hybridized carbons (Fsp3) is 0.214. The minimum atomic E-state index is -0.950. The van der Waals surface area contributed by atoms with E-state index in [2.05, 4.69) is 15.0 Å². The summed E-state index contributed by atoms with van der Waals surface area (Å²) in [7, 11) is 1.45. The number of benzene rings is 2. The number of carbonyl (C=O) groups excluding carboxylic acids is 2. The number of ketones is 2. The fourth-order valence-electron chi connectivity index (χ4n) is 4.19. The van der Waals surface area contributed by atoms with E-state index in [4.69, 9.17) is 9.47 Å². The van der Waals surface area contributed by atoms with Gasteiger partial charge in [-0.25, -0.2) is 14.4 Å². The molecule has 184 valence electrons. The molecule has 0 atom stereocenters. The number of hydrogen-bond acceptors (Lipinski definition) is 8. The minimum absolute atomic E-state index is 0.0893. The maximum atomic E-state index is 13.1. The Hall–Kier alpha value is -4.71. The molecule has 1 saturated carbocycles. The van der Waals surface area contributed by atoms with Gasteiger partial charge in [0.2, 0.25) is 5.88 Å². The largest absolute Gasteiger partial charge is 0.494 e. The highest BCUT2D eigenvalue weighted by Gasteiger charge is 2.54. The molecule has 0 spiro atoms. The van der Waals surface area contributed by atoms with Crippen LogP contribution in [0.5, 0.6) is 17.4 Å². The average Bonchev–Trinajstić information content (AvgIpc) is 3.73. The zero-order chi connectivity index (χ0) is 26.0. The highest BCUT2D eigenvalue weighted by atomic mass is 19.1. The molecule has 0 bridgehead atoms. The molecular weight excluding hydrogens is 475 g/mol. The number of pyridine rings is 1. The van der Waals surface area contributed by atoms with E-state index >= 15 is 0 Å². The number of fused-ring (bicyclic) bond motifs is 1. The van der Waals surface area contributed by atoms with Crippen molar-refractivity contribution in [2.45, 2.75) is 25.7 Å². The van der Waals surface area contributed by atoms with E-state index in [1.165, 1.54) is 25.6 Å². The number of Topliss-reactive ketones (excluding diaryl/α,β-unsaturated/α-hetero) is 2. The first kappa shape index (κ1) is 24.0. The van der Waals surface area contributed by atoms with Crippen LogP contribution >= 0.6 is 0 Å². The number of ether oxygens (including phenoxy) is 2. The van der Waals surface area contributed by atoms with Gasteiger partial charge in [0.25, 0.3) is 0 Å². The lowest BCUT2D eigenvalue weighted by Gasteiger charge is -2.13. The molecular formula is C28H21FN4O4. The highest BCUT2D eigenvalue weighted by molar-refractivity contribution is 6.10. The summed E-state index contributed by atoms with van der Waals surface area (Å²) in [6, 6.07) is 16.3. The molecule has 1 fully saturated rings. The van der Waals surface area contributed by atoms with E-state index in [-0.39, 0.29) is 41.8 Å². The van der Waals surface area contributed by atoms with Crippen molar-refractivity contribution in [1.29, 1.82) is 5.26 Å². The van der Waals surface area contributed by atoms with Crippen molar-refractivity contribution in [3.63, 3.8) is 0 Å². The molecule has 9 heteroatoms. The SMILES string of the molecule is COc1cc2ncnc(Oc3ccc(CC(=O)C4(C(=O)Cc5ccc(F)cc5)CC4)cc3)c2nc1C#N. The molecule has 0 saturated heterocycles. The van der Waals surface area contributed by atoms with Crippen molar-refractivity contribution in [2.75, 3.05) is 7.11 Å². The Morgan fingerprint density at radius 2 is 1.62 bits per heavy atom. The van der Waals surface area contributed by atoms with Crippen LogP contribution in [0.25, 0.3) is 11.0 Å². The maximum absolute atomic E-state index is 13.1.